The second-order valence-corrected chi connectivity index (χ2v) is 8.58. The molecule has 1 fully saturated rings. The number of thiocarbonyl (C=S) groups is 1. The molecule has 1 aliphatic heterocycles. The molecule has 1 N–H and O–H groups in total. The van der Waals surface area contributed by atoms with Gasteiger partial charge in [-0.05, 0) is 56.5 Å². The Labute approximate surface area is 180 Å². The summed E-state index contributed by atoms with van der Waals surface area (Å²) in [5.74, 6) is 0.504. The number of nitrogens with zero attached hydrogens (tertiary/aromatic N) is 4. The maximum atomic E-state index is 12.6. The summed E-state index contributed by atoms with van der Waals surface area (Å²) in [6, 6.07) is 1.82. The smallest absolute Gasteiger partial charge is 0.341 e. The highest BCUT2D eigenvalue weighted by Gasteiger charge is 2.28. The summed E-state index contributed by atoms with van der Waals surface area (Å²) in [6.45, 7) is 5.38. The Hall–Kier alpha value is -2.26. The molecule has 4 rings (SSSR count). The van der Waals surface area contributed by atoms with Crippen LogP contribution < -0.4 is 10.2 Å². The molecular weight excluding hydrogens is 406 g/mol. The second kappa shape index (κ2) is 9.04. The fraction of sp³-hybridized carbons (Fsp3) is 0.500. The number of anilines is 2. The van der Waals surface area contributed by atoms with E-state index in [2.05, 4.69) is 25.1 Å². The van der Waals surface area contributed by atoms with E-state index in [0.29, 0.717) is 17.3 Å². The van der Waals surface area contributed by atoms with E-state index in [9.17, 15) is 4.79 Å². The van der Waals surface area contributed by atoms with Crippen LogP contribution in [0.4, 0.5) is 10.9 Å². The number of piperazine rings is 1. The van der Waals surface area contributed by atoms with Crippen molar-refractivity contribution in [3.05, 3.63) is 34.5 Å². The van der Waals surface area contributed by atoms with E-state index in [0.717, 1.165) is 62.0 Å². The van der Waals surface area contributed by atoms with Crippen molar-refractivity contribution < 1.29 is 9.53 Å². The van der Waals surface area contributed by atoms with Gasteiger partial charge in [-0.15, -0.1) is 11.3 Å². The van der Waals surface area contributed by atoms with Gasteiger partial charge in [0.05, 0.1) is 12.2 Å². The topological polar surface area (TPSA) is 70.6 Å². The van der Waals surface area contributed by atoms with Crippen LogP contribution in [0.5, 0.6) is 0 Å². The number of nitrogens with one attached hydrogen (secondary N) is 1. The van der Waals surface area contributed by atoms with Crippen LogP contribution in [0.25, 0.3) is 0 Å². The lowest BCUT2D eigenvalue weighted by molar-refractivity contribution is 0.0526. The van der Waals surface area contributed by atoms with Crippen molar-refractivity contribution in [3.8, 4) is 0 Å². The van der Waals surface area contributed by atoms with Gasteiger partial charge in [-0.25, -0.2) is 14.8 Å². The molecule has 1 saturated heterocycles. The summed E-state index contributed by atoms with van der Waals surface area (Å²) >= 11 is 7.33. The van der Waals surface area contributed by atoms with Crippen LogP contribution in [-0.4, -0.2) is 58.7 Å². The van der Waals surface area contributed by atoms with Gasteiger partial charge in [-0.2, -0.15) is 0 Å². The molecule has 0 bridgehead atoms. The van der Waals surface area contributed by atoms with Crippen molar-refractivity contribution in [1.82, 2.24) is 14.9 Å². The Morgan fingerprint density at radius 1 is 1.21 bits per heavy atom. The van der Waals surface area contributed by atoms with Gasteiger partial charge in [0.25, 0.3) is 0 Å². The van der Waals surface area contributed by atoms with Gasteiger partial charge < -0.3 is 19.9 Å². The standard InChI is InChI=1S/C20H25N5O2S2/c1-2-27-18(26)16-14-6-3-4-7-15(14)29-17(16)23-20(28)25-12-10-24(11-13-25)19-21-8-5-9-22-19/h5,8-9H,2-4,6-7,10-13H2,1H3,(H,23,28). The molecule has 2 aromatic rings. The molecule has 29 heavy (non-hydrogen) atoms. The van der Waals surface area contributed by atoms with Crippen LogP contribution in [0.3, 0.4) is 0 Å². The molecule has 1 aliphatic carbocycles. The minimum atomic E-state index is -0.247. The number of esters is 1. The Morgan fingerprint density at radius 3 is 2.66 bits per heavy atom. The predicted molar refractivity (Wildman–Crippen MR) is 119 cm³/mol. The molecule has 2 aliphatic rings. The van der Waals surface area contributed by atoms with Gasteiger partial charge in [-0.3, -0.25) is 0 Å². The zero-order valence-electron chi connectivity index (χ0n) is 16.5. The molecule has 0 radical (unpaired) electrons. The van der Waals surface area contributed by atoms with Gasteiger partial charge in [-0.1, -0.05) is 0 Å². The number of aryl methyl sites for hydroxylation is 1. The Kier molecular flexibility index (Phi) is 6.25. The number of aromatic nitrogens is 2. The summed E-state index contributed by atoms with van der Waals surface area (Å²) < 4.78 is 5.33. The van der Waals surface area contributed by atoms with E-state index in [1.807, 2.05) is 13.0 Å². The van der Waals surface area contributed by atoms with Crippen LogP contribution >= 0.6 is 23.6 Å². The van der Waals surface area contributed by atoms with E-state index in [1.54, 1.807) is 23.7 Å². The monoisotopic (exact) mass is 431 g/mol. The summed E-state index contributed by atoms with van der Waals surface area (Å²) in [6.07, 6.45) is 7.76. The van der Waals surface area contributed by atoms with Gasteiger partial charge in [0.2, 0.25) is 5.95 Å². The van der Waals surface area contributed by atoms with Crippen molar-refractivity contribution in [1.29, 1.82) is 0 Å². The SMILES string of the molecule is CCOC(=O)c1c(NC(=S)N2CCN(c3ncccn3)CC2)sc2c1CCCC2. The zero-order valence-corrected chi connectivity index (χ0v) is 18.2. The third kappa shape index (κ3) is 4.35. The van der Waals surface area contributed by atoms with E-state index in [-0.39, 0.29) is 5.97 Å². The lowest BCUT2D eigenvalue weighted by Crippen LogP contribution is -2.50. The first-order valence-corrected chi connectivity index (χ1v) is 11.3. The number of ether oxygens (including phenoxy) is 1. The van der Waals surface area contributed by atoms with E-state index in [4.69, 9.17) is 17.0 Å². The number of fused-ring (bicyclic) bond motifs is 1. The first-order valence-electron chi connectivity index (χ1n) is 10.1. The van der Waals surface area contributed by atoms with Crippen molar-refractivity contribution in [2.24, 2.45) is 0 Å². The molecule has 0 spiro atoms. The summed E-state index contributed by atoms with van der Waals surface area (Å²) in [5, 5.41) is 4.84. The number of carbonyl (C=O) groups is 1. The van der Waals surface area contributed by atoms with Crippen LogP contribution in [0.15, 0.2) is 18.5 Å². The van der Waals surface area contributed by atoms with Crippen molar-refractivity contribution >= 4 is 45.6 Å². The average molecular weight is 432 g/mol. The van der Waals surface area contributed by atoms with Crippen LogP contribution in [0.2, 0.25) is 0 Å². The normalized spacial score (nSPS) is 16.3. The molecule has 3 heterocycles. The van der Waals surface area contributed by atoms with Gasteiger partial charge in [0.15, 0.2) is 5.11 Å². The summed E-state index contributed by atoms with van der Waals surface area (Å²) in [4.78, 5) is 26.9. The fourth-order valence-corrected chi connectivity index (χ4v) is 5.44. The van der Waals surface area contributed by atoms with E-state index < -0.39 is 0 Å². The third-order valence-electron chi connectivity index (χ3n) is 5.27. The minimum Gasteiger partial charge on any atom is -0.462 e. The second-order valence-electron chi connectivity index (χ2n) is 7.09. The van der Waals surface area contributed by atoms with Crippen molar-refractivity contribution in [3.63, 3.8) is 0 Å². The fourth-order valence-electron chi connectivity index (χ4n) is 3.81. The molecule has 0 atom stereocenters. The molecule has 154 valence electrons. The largest absolute Gasteiger partial charge is 0.462 e. The molecule has 9 heteroatoms. The van der Waals surface area contributed by atoms with E-state index >= 15 is 0 Å². The Bertz CT molecular complexity index is 878. The predicted octanol–water partition coefficient (Wildman–Crippen LogP) is 3.11. The molecule has 7 nitrogen and oxygen atoms in total. The molecule has 2 aromatic heterocycles. The molecule has 0 saturated carbocycles. The lowest BCUT2D eigenvalue weighted by Gasteiger charge is -2.36. The highest BCUT2D eigenvalue weighted by Crippen LogP contribution is 2.38. The minimum absolute atomic E-state index is 0.247. The first-order chi connectivity index (χ1) is 14.2. The van der Waals surface area contributed by atoms with Crippen molar-refractivity contribution in [2.45, 2.75) is 32.6 Å². The number of hydrogen-bond acceptors (Lipinski definition) is 7. The van der Waals surface area contributed by atoms with Gasteiger partial charge >= 0.3 is 5.97 Å². The Balaban J connectivity index is 1.45. The molecule has 0 amide bonds. The summed E-state index contributed by atoms with van der Waals surface area (Å²) in [5.41, 5.74) is 1.83. The third-order valence-corrected chi connectivity index (χ3v) is 6.84. The molecule has 0 unspecified atom stereocenters. The highest BCUT2D eigenvalue weighted by molar-refractivity contribution is 7.80. The molecular formula is C20H25N5O2S2. The number of hydrogen-bond donors (Lipinski definition) is 1. The Morgan fingerprint density at radius 2 is 1.93 bits per heavy atom. The number of rotatable bonds is 4. The maximum absolute atomic E-state index is 12.6. The quantitative estimate of drug-likeness (QED) is 0.585. The average Bonchev–Trinajstić information content (AvgIpc) is 3.12. The van der Waals surface area contributed by atoms with Crippen molar-refractivity contribution in [2.75, 3.05) is 43.0 Å². The van der Waals surface area contributed by atoms with Crippen LogP contribution in [-0.2, 0) is 17.6 Å². The zero-order chi connectivity index (χ0) is 20.2. The number of thiophene rings is 1. The lowest BCUT2D eigenvalue weighted by atomic mass is 9.95. The molecule has 0 aromatic carbocycles. The highest BCUT2D eigenvalue weighted by atomic mass is 32.1. The van der Waals surface area contributed by atoms with Gasteiger partial charge in [0.1, 0.15) is 5.00 Å². The van der Waals surface area contributed by atoms with E-state index in [1.165, 1.54) is 11.3 Å². The maximum Gasteiger partial charge on any atom is 0.341 e. The van der Waals surface area contributed by atoms with Crippen LogP contribution in [0.1, 0.15) is 40.6 Å². The van der Waals surface area contributed by atoms with Crippen LogP contribution in [0, 0.1) is 0 Å². The first kappa shape index (κ1) is 20.0. The summed E-state index contributed by atoms with van der Waals surface area (Å²) in [7, 11) is 0. The number of carbonyl (C=O) groups excluding carboxylic acids is 1. The van der Waals surface area contributed by atoms with Gasteiger partial charge in [0, 0.05) is 43.4 Å².